The van der Waals surface area contributed by atoms with Crippen LogP contribution in [0.3, 0.4) is 0 Å². The van der Waals surface area contributed by atoms with Crippen LogP contribution >= 0.6 is 0 Å². The van der Waals surface area contributed by atoms with Gasteiger partial charge in [-0.25, -0.2) is 0 Å². The molecule has 0 spiro atoms. The maximum atomic E-state index is 9.90. The van der Waals surface area contributed by atoms with E-state index in [1.54, 1.807) is 13.1 Å². The molecule has 1 heterocycles. The zero-order valence-corrected chi connectivity index (χ0v) is 10.2. The van der Waals surface area contributed by atoms with Crippen molar-refractivity contribution in [1.29, 1.82) is 0 Å². The quantitative estimate of drug-likeness (QED) is 0.667. The fourth-order valence-electron chi connectivity index (χ4n) is 1.56. The molecule has 4 heteroatoms. The summed E-state index contributed by atoms with van der Waals surface area (Å²) in [7, 11) is 0. The molecule has 0 bridgehead atoms. The first kappa shape index (κ1) is 13.5. The van der Waals surface area contributed by atoms with Gasteiger partial charge >= 0.3 is 0 Å². The van der Waals surface area contributed by atoms with Gasteiger partial charge in [0.05, 0.1) is 18.3 Å². The number of hydrogen-bond donors (Lipinski definition) is 3. The Morgan fingerprint density at radius 3 is 2.82 bits per heavy atom. The zero-order chi connectivity index (χ0) is 12.8. The van der Waals surface area contributed by atoms with Crippen LogP contribution in [0.2, 0.25) is 0 Å². The molecule has 92 valence electrons. The van der Waals surface area contributed by atoms with Crippen LogP contribution in [0.15, 0.2) is 6.20 Å². The Morgan fingerprint density at radius 2 is 2.29 bits per heavy atom. The van der Waals surface area contributed by atoms with Crippen LogP contribution in [-0.2, 0) is 13.2 Å². The molecular formula is C13H18N2O2. The number of aromatic nitrogens is 1. The van der Waals surface area contributed by atoms with Crippen LogP contribution in [0.25, 0.3) is 0 Å². The molecule has 0 aliphatic carbocycles. The summed E-state index contributed by atoms with van der Waals surface area (Å²) < 4.78 is 0. The van der Waals surface area contributed by atoms with E-state index in [9.17, 15) is 10.2 Å². The van der Waals surface area contributed by atoms with Crippen LogP contribution in [-0.4, -0.2) is 21.2 Å². The molecule has 3 N–H and O–H groups in total. The van der Waals surface area contributed by atoms with Gasteiger partial charge in [-0.1, -0.05) is 12.8 Å². The number of pyridine rings is 1. The van der Waals surface area contributed by atoms with E-state index < -0.39 is 0 Å². The lowest BCUT2D eigenvalue weighted by molar-refractivity contribution is 0.278. The van der Waals surface area contributed by atoms with Crippen molar-refractivity contribution in [2.24, 2.45) is 0 Å². The van der Waals surface area contributed by atoms with E-state index in [0.717, 1.165) is 6.42 Å². The van der Waals surface area contributed by atoms with Crippen molar-refractivity contribution in [2.45, 2.75) is 39.5 Å². The first-order chi connectivity index (χ1) is 8.13. The summed E-state index contributed by atoms with van der Waals surface area (Å²) >= 11 is 0. The molecule has 1 unspecified atom stereocenters. The van der Waals surface area contributed by atoms with Crippen LogP contribution in [0, 0.1) is 19.3 Å². The summed E-state index contributed by atoms with van der Waals surface area (Å²) in [6, 6.07) is -0.0329. The second kappa shape index (κ2) is 6.24. The van der Waals surface area contributed by atoms with Crippen molar-refractivity contribution in [3.05, 3.63) is 23.0 Å². The third kappa shape index (κ3) is 3.19. The van der Waals surface area contributed by atoms with Crippen molar-refractivity contribution in [3.63, 3.8) is 0 Å². The minimum absolute atomic E-state index is 0.0329. The largest absolute Gasteiger partial charge is 0.506 e. The van der Waals surface area contributed by atoms with Crippen molar-refractivity contribution < 1.29 is 10.2 Å². The topological polar surface area (TPSA) is 65.4 Å². The number of aliphatic hydroxyl groups is 1. The average molecular weight is 234 g/mol. The molecule has 1 atom stereocenters. The van der Waals surface area contributed by atoms with Gasteiger partial charge in [0.1, 0.15) is 5.75 Å². The fraction of sp³-hybridized carbons (Fsp3) is 0.462. The Hall–Kier alpha value is -1.57. The molecule has 0 saturated carbocycles. The summed E-state index contributed by atoms with van der Waals surface area (Å²) in [6.07, 6.45) is 7.74. The first-order valence-electron chi connectivity index (χ1n) is 5.60. The van der Waals surface area contributed by atoms with E-state index in [1.165, 1.54) is 0 Å². The number of aromatic hydroxyl groups is 1. The van der Waals surface area contributed by atoms with Gasteiger partial charge in [-0.15, -0.1) is 6.42 Å². The first-order valence-corrected chi connectivity index (χ1v) is 5.60. The molecule has 0 amide bonds. The summed E-state index contributed by atoms with van der Waals surface area (Å²) in [5, 5.41) is 22.2. The fourth-order valence-corrected chi connectivity index (χ4v) is 1.56. The Bertz CT molecular complexity index is 424. The van der Waals surface area contributed by atoms with E-state index in [2.05, 4.69) is 16.2 Å². The predicted molar refractivity (Wildman–Crippen MR) is 66.3 cm³/mol. The van der Waals surface area contributed by atoms with Gasteiger partial charge < -0.3 is 10.2 Å². The Balaban J connectivity index is 2.89. The van der Waals surface area contributed by atoms with E-state index in [4.69, 9.17) is 6.42 Å². The molecule has 0 fully saturated rings. The minimum Gasteiger partial charge on any atom is -0.506 e. The molecule has 0 aliphatic rings. The Kier molecular flexibility index (Phi) is 4.95. The highest BCUT2D eigenvalue weighted by Crippen LogP contribution is 2.23. The van der Waals surface area contributed by atoms with E-state index >= 15 is 0 Å². The standard InChI is InChI=1S/C13H18N2O2/c1-4-11(5-2)15-7-12-10(8-16)6-14-9(3)13(12)17/h1,6,11,15-17H,5,7-8H2,2-3H3. The third-order valence-corrected chi connectivity index (χ3v) is 2.74. The van der Waals surface area contributed by atoms with Gasteiger partial charge in [0, 0.05) is 23.9 Å². The van der Waals surface area contributed by atoms with Crippen molar-refractivity contribution >= 4 is 0 Å². The van der Waals surface area contributed by atoms with Gasteiger partial charge in [-0.05, 0) is 13.3 Å². The number of nitrogens with zero attached hydrogens (tertiary/aromatic N) is 1. The van der Waals surface area contributed by atoms with E-state index in [0.29, 0.717) is 23.4 Å². The number of terminal acetylenes is 1. The highest BCUT2D eigenvalue weighted by atomic mass is 16.3. The van der Waals surface area contributed by atoms with Gasteiger partial charge in [0.25, 0.3) is 0 Å². The number of rotatable bonds is 5. The van der Waals surface area contributed by atoms with Crippen molar-refractivity contribution in [2.75, 3.05) is 0 Å². The van der Waals surface area contributed by atoms with Gasteiger partial charge in [-0.3, -0.25) is 10.3 Å². The smallest absolute Gasteiger partial charge is 0.141 e. The van der Waals surface area contributed by atoms with Crippen LogP contribution < -0.4 is 5.32 Å². The molecular weight excluding hydrogens is 216 g/mol. The summed E-state index contributed by atoms with van der Waals surface area (Å²) in [4.78, 5) is 4.00. The van der Waals surface area contributed by atoms with E-state index in [1.807, 2.05) is 6.92 Å². The number of hydrogen-bond acceptors (Lipinski definition) is 4. The minimum atomic E-state index is -0.148. The molecule has 4 nitrogen and oxygen atoms in total. The second-order valence-electron chi connectivity index (χ2n) is 3.86. The number of aliphatic hydroxyl groups excluding tert-OH is 1. The molecule has 17 heavy (non-hydrogen) atoms. The molecule has 0 saturated heterocycles. The summed E-state index contributed by atoms with van der Waals surface area (Å²) in [5.41, 5.74) is 1.83. The summed E-state index contributed by atoms with van der Waals surface area (Å²) in [5.74, 6) is 2.74. The summed E-state index contributed by atoms with van der Waals surface area (Å²) in [6.45, 7) is 3.99. The SMILES string of the molecule is C#CC(CC)NCc1c(CO)cnc(C)c1O. The van der Waals surface area contributed by atoms with Crippen LogP contribution in [0.5, 0.6) is 5.75 Å². The van der Waals surface area contributed by atoms with Gasteiger partial charge in [0.2, 0.25) is 0 Å². The predicted octanol–water partition coefficient (Wildman–Crippen LogP) is 1.09. The zero-order valence-electron chi connectivity index (χ0n) is 10.2. The molecule has 1 aromatic heterocycles. The lowest BCUT2D eigenvalue weighted by atomic mass is 10.1. The van der Waals surface area contributed by atoms with Crippen molar-refractivity contribution in [1.82, 2.24) is 10.3 Å². The highest BCUT2D eigenvalue weighted by Gasteiger charge is 2.12. The van der Waals surface area contributed by atoms with Crippen LogP contribution in [0.1, 0.15) is 30.2 Å². The maximum absolute atomic E-state index is 9.90. The Labute approximate surface area is 102 Å². The third-order valence-electron chi connectivity index (χ3n) is 2.74. The number of nitrogens with one attached hydrogen (secondary N) is 1. The molecule has 0 aromatic carbocycles. The monoisotopic (exact) mass is 234 g/mol. The average Bonchev–Trinajstić information content (AvgIpc) is 2.35. The van der Waals surface area contributed by atoms with Crippen molar-refractivity contribution in [3.8, 4) is 18.1 Å². The molecule has 0 radical (unpaired) electrons. The highest BCUT2D eigenvalue weighted by molar-refractivity contribution is 5.40. The van der Waals surface area contributed by atoms with E-state index in [-0.39, 0.29) is 18.4 Å². The molecule has 1 rings (SSSR count). The van der Waals surface area contributed by atoms with Crippen LogP contribution in [0.4, 0.5) is 0 Å². The number of aryl methyl sites for hydroxylation is 1. The Morgan fingerprint density at radius 1 is 1.59 bits per heavy atom. The normalized spacial score (nSPS) is 12.1. The van der Waals surface area contributed by atoms with Gasteiger partial charge in [-0.2, -0.15) is 0 Å². The lowest BCUT2D eigenvalue weighted by Crippen LogP contribution is -2.26. The lowest BCUT2D eigenvalue weighted by Gasteiger charge is -2.15. The van der Waals surface area contributed by atoms with Gasteiger partial charge in [0.15, 0.2) is 0 Å². The molecule has 0 aliphatic heterocycles. The molecule has 1 aromatic rings. The second-order valence-corrected chi connectivity index (χ2v) is 3.86. The maximum Gasteiger partial charge on any atom is 0.141 e.